The molecule has 0 atom stereocenters. The number of hydrogen-bond acceptors (Lipinski definition) is 5. The fourth-order valence-corrected chi connectivity index (χ4v) is 3.16. The van der Waals surface area contributed by atoms with Gasteiger partial charge in [0.05, 0.1) is 18.8 Å². The molecule has 3 rings (SSSR count). The van der Waals surface area contributed by atoms with Gasteiger partial charge in [-0.25, -0.2) is 4.98 Å². The second kappa shape index (κ2) is 9.10. The number of nitrogens with one attached hydrogen (secondary N) is 1. The minimum Gasteiger partial charge on any atom is -0.494 e. The van der Waals surface area contributed by atoms with Crippen molar-refractivity contribution in [2.45, 2.75) is 26.3 Å². The Balaban J connectivity index is 1.36. The summed E-state index contributed by atoms with van der Waals surface area (Å²) in [7, 11) is 0. The Labute approximate surface area is 157 Å². The normalized spacial score (nSPS) is 10.5. The van der Waals surface area contributed by atoms with Crippen LogP contribution in [0.4, 0.5) is 0 Å². The molecule has 134 valence electrons. The highest BCUT2D eigenvalue weighted by Crippen LogP contribution is 2.22. The number of nitrogens with zero attached hydrogens (tertiary/aromatic N) is 2. The van der Waals surface area contributed by atoms with E-state index in [0.29, 0.717) is 26.0 Å². The van der Waals surface area contributed by atoms with E-state index in [1.165, 1.54) is 5.56 Å². The summed E-state index contributed by atoms with van der Waals surface area (Å²) < 4.78 is 5.63. The number of pyridine rings is 1. The first kappa shape index (κ1) is 18.1. The number of carbonyl (C=O) groups excluding carboxylic acids is 1. The van der Waals surface area contributed by atoms with E-state index in [9.17, 15) is 4.79 Å². The van der Waals surface area contributed by atoms with Crippen LogP contribution >= 0.6 is 11.3 Å². The molecule has 0 radical (unpaired) electrons. The zero-order chi connectivity index (χ0) is 18.2. The van der Waals surface area contributed by atoms with Crippen molar-refractivity contribution in [1.29, 1.82) is 0 Å². The SMILES string of the molecule is Cc1ccc(OCCCC(=O)NCc2csc(-c3cccnc3)n2)cc1. The molecule has 0 saturated heterocycles. The van der Waals surface area contributed by atoms with Gasteiger partial charge in [0.15, 0.2) is 0 Å². The number of benzene rings is 1. The first-order chi connectivity index (χ1) is 12.7. The summed E-state index contributed by atoms with van der Waals surface area (Å²) in [6.07, 6.45) is 4.64. The largest absolute Gasteiger partial charge is 0.494 e. The Morgan fingerprint density at radius 1 is 1.23 bits per heavy atom. The zero-order valence-electron chi connectivity index (χ0n) is 14.6. The maximum atomic E-state index is 11.9. The third-order valence-corrected chi connectivity index (χ3v) is 4.70. The highest BCUT2D eigenvalue weighted by atomic mass is 32.1. The van der Waals surface area contributed by atoms with E-state index in [2.05, 4.69) is 15.3 Å². The molecule has 5 nitrogen and oxygen atoms in total. The molecule has 1 amide bonds. The predicted octanol–water partition coefficient (Wildman–Crippen LogP) is 3.99. The molecule has 1 N–H and O–H groups in total. The van der Waals surface area contributed by atoms with Crippen molar-refractivity contribution >= 4 is 17.2 Å². The predicted molar refractivity (Wildman–Crippen MR) is 103 cm³/mol. The number of amides is 1. The lowest BCUT2D eigenvalue weighted by molar-refractivity contribution is -0.121. The van der Waals surface area contributed by atoms with Gasteiger partial charge in [-0.3, -0.25) is 9.78 Å². The molecular weight excluding hydrogens is 346 g/mol. The lowest BCUT2D eigenvalue weighted by Gasteiger charge is -2.06. The first-order valence-electron chi connectivity index (χ1n) is 8.52. The molecule has 0 aliphatic carbocycles. The molecule has 2 aromatic heterocycles. The average Bonchev–Trinajstić information content (AvgIpc) is 3.15. The topological polar surface area (TPSA) is 64.1 Å². The van der Waals surface area contributed by atoms with Crippen LogP contribution in [0.3, 0.4) is 0 Å². The number of aryl methyl sites for hydroxylation is 1. The molecule has 0 unspecified atom stereocenters. The fourth-order valence-electron chi connectivity index (χ4n) is 2.34. The minimum atomic E-state index is 0.00781. The number of aromatic nitrogens is 2. The summed E-state index contributed by atoms with van der Waals surface area (Å²) in [5, 5.41) is 5.78. The van der Waals surface area contributed by atoms with Gasteiger partial charge in [0, 0.05) is 29.8 Å². The molecule has 2 heterocycles. The van der Waals surface area contributed by atoms with Gasteiger partial charge in [-0.1, -0.05) is 17.7 Å². The van der Waals surface area contributed by atoms with Crippen LogP contribution in [0.15, 0.2) is 54.2 Å². The summed E-state index contributed by atoms with van der Waals surface area (Å²) in [6, 6.07) is 11.8. The summed E-state index contributed by atoms with van der Waals surface area (Å²) in [6.45, 7) is 3.00. The number of carbonyl (C=O) groups is 1. The number of ether oxygens (including phenoxy) is 1. The lowest BCUT2D eigenvalue weighted by Crippen LogP contribution is -2.23. The monoisotopic (exact) mass is 367 g/mol. The third kappa shape index (κ3) is 5.39. The Morgan fingerprint density at radius 2 is 2.08 bits per heavy atom. The zero-order valence-corrected chi connectivity index (χ0v) is 15.5. The van der Waals surface area contributed by atoms with E-state index < -0.39 is 0 Å². The quantitative estimate of drug-likeness (QED) is 0.612. The van der Waals surface area contributed by atoms with Crippen molar-refractivity contribution in [2.24, 2.45) is 0 Å². The molecule has 0 aliphatic heterocycles. The summed E-state index contributed by atoms with van der Waals surface area (Å²) in [5.74, 6) is 0.842. The Morgan fingerprint density at radius 3 is 2.85 bits per heavy atom. The van der Waals surface area contributed by atoms with Crippen LogP contribution in [0.5, 0.6) is 5.75 Å². The molecule has 3 aromatic rings. The van der Waals surface area contributed by atoms with Gasteiger partial charge < -0.3 is 10.1 Å². The molecule has 1 aromatic carbocycles. The standard InChI is InChI=1S/C20H21N3O2S/c1-15-6-8-18(9-7-15)25-11-3-5-19(24)22-13-17-14-26-20(23-17)16-4-2-10-21-12-16/h2,4,6-10,12,14H,3,5,11,13H2,1H3,(H,22,24). The maximum absolute atomic E-state index is 11.9. The van der Waals surface area contributed by atoms with E-state index in [0.717, 1.165) is 22.0 Å². The number of hydrogen-bond donors (Lipinski definition) is 1. The highest BCUT2D eigenvalue weighted by molar-refractivity contribution is 7.13. The number of rotatable bonds is 8. The molecule has 0 bridgehead atoms. The third-order valence-electron chi connectivity index (χ3n) is 3.76. The first-order valence-corrected chi connectivity index (χ1v) is 9.39. The van der Waals surface area contributed by atoms with Crippen LogP contribution in [0.1, 0.15) is 24.1 Å². The van der Waals surface area contributed by atoms with Crippen LogP contribution in [0, 0.1) is 6.92 Å². The summed E-state index contributed by atoms with van der Waals surface area (Å²) in [4.78, 5) is 20.6. The average molecular weight is 367 g/mol. The van der Waals surface area contributed by atoms with Gasteiger partial charge in [0.25, 0.3) is 0 Å². The van der Waals surface area contributed by atoms with Crippen molar-refractivity contribution in [3.8, 4) is 16.3 Å². The molecular formula is C20H21N3O2S. The molecule has 0 fully saturated rings. The summed E-state index contributed by atoms with van der Waals surface area (Å²) >= 11 is 1.55. The van der Waals surface area contributed by atoms with Gasteiger partial charge in [-0.2, -0.15) is 0 Å². The van der Waals surface area contributed by atoms with Gasteiger partial charge in [0.1, 0.15) is 10.8 Å². The van der Waals surface area contributed by atoms with Gasteiger partial charge in [0.2, 0.25) is 5.91 Å². The van der Waals surface area contributed by atoms with Crippen LogP contribution in [0.2, 0.25) is 0 Å². The Kier molecular flexibility index (Phi) is 6.33. The van der Waals surface area contributed by atoms with Crippen molar-refractivity contribution < 1.29 is 9.53 Å². The van der Waals surface area contributed by atoms with E-state index in [1.54, 1.807) is 23.7 Å². The summed E-state index contributed by atoms with van der Waals surface area (Å²) in [5.41, 5.74) is 3.05. The van der Waals surface area contributed by atoms with Crippen LogP contribution in [-0.2, 0) is 11.3 Å². The van der Waals surface area contributed by atoms with Gasteiger partial charge in [-0.05, 0) is 37.6 Å². The van der Waals surface area contributed by atoms with Crippen molar-refractivity contribution in [3.05, 3.63) is 65.4 Å². The Hall–Kier alpha value is -2.73. The van der Waals surface area contributed by atoms with E-state index in [-0.39, 0.29) is 5.91 Å². The van der Waals surface area contributed by atoms with Crippen LogP contribution < -0.4 is 10.1 Å². The van der Waals surface area contributed by atoms with Crippen molar-refractivity contribution in [1.82, 2.24) is 15.3 Å². The molecule has 0 saturated carbocycles. The number of thiazole rings is 1. The minimum absolute atomic E-state index is 0.00781. The van der Waals surface area contributed by atoms with Crippen molar-refractivity contribution in [2.75, 3.05) is 6.61 Å². The van der Waals surface area contributed by atoms with Gasteiger partial charge in [-0.15, -0.1) is 11.3 Å². The molecule has 6 heteroatoms. The molecule has 26 heavy (non-hydrogen) atoms. The highest BCUT2D eigenvalue weighted by Gasteiger charge is 2.07. The second-order valence-corrected chi connectivity index (χ2v) is 6.79. The van der Waals surface area contributed by atoms with Crippen molar-refractivity contribution in [3.63, 3.8) is 0 Å². The Bertz CT molecular complexity index is 832. The van der Waals surface area contributed by atoms with Crippen LogP contribution in [0.25, 0.3) is 10.6 Å². The maximum Gasteiger partial charge on any atom is 0.220 e. The smallest absolute Gasteiger partial charge is 0.220 e. The van der Waals surface area contributed by atoms with E-state index >= 15 is 0 Å². The lowest BCUT2D eigenvalue weighted by atomic mass is 10.2. The van der Waals surface area contributed by atoms with Gasteiger partial charge >= 0.3 is 0 Å². The molecule has 0 aliphatic rings. The van der Waals surface area contributed by atoms with Crippen LogP contribution in [-0.4, -0.2) is 22.5 Å². The van der Waals surface area contributed by atoms with E-state index in [4.69, 9.17) is 4.74 Å². The fraction of sp³-hybridized carbons (Fsp3) is 0.250. The van der Waals surface area contributed by atoms with E-state index in [1.807, 2.05) is 48.7 Å². The molecule has 0 spiro atoms. The second-order valence-electron chi connectivity index (χ2n) is 5.93.